The summed E-state index contributed by atoms with van der Waals surface area (Å²) in [5, 5.41) is 9.09. The number of methoxy groups -OCH3 is 2. The van der Waals surface area contributed by atoms with E-state index >= 15 is 0 Å². The number of carboxylic acid groups (broad SMARTS) is 1. The minimum absolute atomic E-state index is 0.121. The van der Waals surface area contributed by atoms with Gasteiger partial charge in [0.1, 0.15) is 17.1 Å². The summed E-state index contributed by atoms with van der Waals surface area (Å²) in [5.74, 6) is -0.159. The topological polar surface area (TPSA) is 65.0 Å². The van der Waals surface area contributed by atoms with Crippen LogP contribution in [0.5, 0.6) is 11.5 Å². The van der Waals surface area contributed by atoms with Crippen LogP contribution in [0.25, 0.3) is 0 Å². The molecule has 5 heteroatoms. The summed E-state index contributed by atoms with van der Waals surface area (Å²) in [5.41, 5.74) is -0.182. The summed E-state index contributed by atoms with van der Waals surface area (Å²) >= 11 is 0. The molecule has 0 radical (unpaired) electrons. The number of aromatic carboxylic acids is 1. The van der Waals surface area contributed by atoms with E-state index in [4.69, 9.17) is 19.3 Å². The number of carbonyl (C=O) groups is 1. The molecule has 0 heterocycles. The molecular formula is C14H20O5. The first-order valence-electron chi connectivity index (χ1n) is 5.99. The van der Waals surface area contributed by atoms with E-state index in [0.29, 0.717) is 24.5 Å². The van der Waals surface area contributed by atoms with Crippen LogP contribution in [-0.4, -0.2) is 37.5 Å². The van der Waals surface area contributed by atoms with Gasteiger partial charge in [0.05, 0.1) is 19.3 Å². The first-order chi connectivity index (χ1) is 8.89. The van der Waals surface area contributed by atoms with Crippen molar-refractivity contribution in [3.05, 3.63) is 23.8 Å². The number of hydrogen-bond donors (Lipinski definition) is 1. The molecule has 1 aromatic carbocycles. The van der Waals surface area contributed by atoms with Crippen molar-refractivity contribution in [1.82, 2.24) is 0 Å². The monoisotopic (exact) mass is 268 g/mol. The lowest BCUT2D eigenvalue weighted by molar-refractivity contribution is 0.00537. The summed E-state index contributed by atoms with van der Waals surface area (Å²) in [6, 6.07) is 4.64. The Labute approximate surface area is 113 Å². The van der Waals surface area contributed by atoms with Crippen molar-refractivity contribution in [2.24, 2.45) is 0 Å². The normalized spacial score (nSPS) is 11.2. The molecule has 1 N–H and O–H groups in total. The highest BCUT2D eigenvalue weighted by Crippen LogP contribution is 2.25. The second kappa shape index (κ2) is 6.43. The number of hydrogen-bond acceptors (Lipinski definition) is 4. The average molecular weight is 268 g/mol. The van der Waals surface area contributed by atoms with E-state index in [1.807, 2.05) is 13.8 Å². The van der Waals surface area contributed by atoms with Gasteiger partial charge in [-0.25, -0.2) is 4.79 Å². The van der Waals surface area contributed by atoms with E-state index < -0.39 is 5.97 Å². The van der Waals surface area contributed by atoms with Crippen LogP contribution in [0, 0.1) is 0 Å². The van der Waals surface area contributed by atoms with Gasteiger partial charge >= 0.3 is 5.97 Å². The van der Waals surface area contributed by atoms with Gasteiger partial charge in [-0.2, -0.15) is 0 Å². The summed E-state index contributed by atoms with van der Waals surface area (Å²) in [6.45, 7) is 4.26. The summed E-state index contributed by atoms with van der Waals surface area (Å²) in [4.78, 5) is 11.1. The van der Waals surface area contributed by atoms with Crippen LogP contribution in [0.15, 0.2) is 18.2 Å². The molecule has 0 aliphatic carbocycles. The molecule has 0 unspecified atom stereocenters. The third-order valence-corrected chi connectivity index (χ3v) is 2.93. The van der Waals surface area contributed by atoms with E-state index in [-0.39, 0.29) is 11.2 Å². The summed E-state index contributed by atoms with van der Waals surface area (Å²) in [6.07, 6.45) is 0.653. The SMILES string of the molecule is COc1ccc(C(=O)O)c(OCCC(C)(C)OC)c1. The summed E-state index contributed by atoms with van der Waals surface area (Å²) < 4.78 is 15.9. The smallest absolute Gasteiger partial charge is 0.339 e. The van der Waals surface area contributed by atoms with Crippen molar-refractivity contribution < 1.29 is 24.1 Å². The first-order valence-corrected chi connectivity index (χ1v) is 5.99. The fourth-order valence-electron chi connectivity index (χ4n) is 1.43. The molecule has 0 aliphatic rings. The number of carboxylic acids is 1. The van der Waals surface area contributed by atoms with Crippen molar-refractivity contribution in [1.29, 1.82) is 0 Å². The molecule has 0 amide bonds. The van der Waals surface area contributed by atoms with Gasteiger partial charge in [0.2, 0.25) is 0 Å². The molecule has 0 bridgehead atoms. The van der Waals surface area contributed by atoms with Crippen LogP contribution in [0.2, 0.25) is 0 Å². The maximum atomic E-state index is 11.1. The quantitative estimate of drug-likeness (QED) is 0.823. The number of ether oxygens (including phenoxy) is 3. The molecule has 0 spiro atoms. The van der Waals surface area contributed by atoms with Gasteiger partial charge in [0.25, 0.3) is 0 Å². The van der Waals surface area contributed by atoms with Gasteiger partial charge in [-0.05, 0) is 26.0 Å². The second-order valence-electron chi connectivity index (χ2n) is 4.73. The fraction of sp³-hybridized carbons (Fsp3) is 0.500. The van der Waals surface area contributed by atoms with Crippen molar-refractivity contribution in [3.63, 3.8) is 0 Å². The van der Waals surface area contributed by atoms with Crippen molar-refractivity contribution in [2.45, 2.75) is 25.9 Å². The molecule has 19 heavy (non-hydrogen) atoms. The Morgan fingerprint density at radius 1 is 1.32 bits per heavy atom. The number of benzene rings is 1. The van der Waals surface area contributed by atoms with E-state index in [1.54, 1.807) is 19.2 Å². The Hall–Kier alpha value is -1.75. The highest BCUT2D eigenvalue weighted by atomic mass is 16.5. The largest absolute Gasteiger partial charge is 0.497 e. The van der Waals surface area contributed by atoms with Gasteiger partial charge in [0, 0.05) is 19.6 Å². The van der Waals surface area contributed by atoms with Crippen molar-refractivity contribution >= 4 is 5.97 Å². The first kappa shape index (κ1) is 15.3. The Balaban J connectivity index is 2.78. The van der Waals surface area contributed by atoms with Crippen molar-refractivity contribution in [3.8, 4) is 11.5 Å². The zero-order valence-corrected chi connectivity index (χ0v) is 11.7. The Bertz CT molecular complexity index is 439. The van der Waals surface area contributed by atoms with Crippen LogP contribution < -0.4 is 9.47 Å². The fourth-order valence-corrected chi connectivity index (χ4v) is 1.43. The molecule has 0 aromatic heterocycles. The molecule has 0 atom stereocenters. The highest BCUT2D eigenvalue weighted by molar-refractivity contribution is 5.91. The third kappa shape index (κ3) is 4.44. The van der Waals surface area contributed by atoms with Crippen LogP contribution >= 0.6 is 0 Å². The molecule has 1 rings (SSSR count). The minimum Gasteiger partial charge on any atom is -0.497 e. The van der Waals surface area contributed by atoms with Gasteiger partial charge in [-0.1, -0.05) is 0 Å². The van der Waals surface area contributed by atoms with E-state index in [1.165, 1.54) is 13.2 Å². The Morgan fingerprint density at radius 2 is 2.00 bits per heavy atom. The summed E-state index contributed by atoms with van der Waals surface area (Å²) in [7, 11) is 3.15. The standard InChI is InChI=1S/C14H20O5/c1-14(2,18-4)7-8-19-12-9-10(17-3)5-6-11(12)13(15)16/h5-6,9H,7-8H2,1-4H3,(H,15,16). The predicted octanol–water partition coefficient (Wildman–Crippen LogP) is 2.59. The molecule has 0 saturated heterocycles. The van der Waals surface area contributed by atoms with Crippen LogP contribution in [0.3, 0.4) is 0 Å². The lowest BCUT2D eigenvalue weighted by Crippen LogP contribution is -2.25. The zero-order chi connectivity index (χ0) is 14.5. The average Bonchev–Trinajstić information content (AvgIpc) is 2.38. The van der Waals surface area contributed by atoms with Crippen LogP contribution in [0.4, 0.5) is 0 Å². The third-order valence-electron chi connectivity index (χ3n) is 2.93. The molecular weight excluding hydrogens is 248 g/mol. The molecule has 106 valence electrons. The van der Waals surface area contributed by atoms with Gasteiger partial charge in [0.15, 0.2) is 0 Å². The molecule has 0 fully saturated rings. The second-order valence-corrected chi connectivity index (χ2v) is 4.73. The van der Waals surface area contributed by atoms with Crippen molar-refractivity contribution in [2.75, 3.05) is 20.8 Å². The molecule has 5 nitrogen and oxygen atoms in total. The van der Waals surface area contributed by atoms with Gasteiger partial charge < -0.3 is 19.3 Å². The van der Waals surface area contributed by atoms with Gasteiger partial charge in [-0.15, -0.1) is 0 Å². The zero-order valence-electron chi connectivity index (χ0n) is 11.7. The molecule has 0 saturated carbocycles. The van der Waals surface area contributed by atoms with E-state index in [0.717, 1.165) is 0 Å². The molecule has 1 aromatic rings. The van der Waals surface area contributed by atoms with Crippen LogP contribution in [0.1, 0.15) is 30.6 Å². The maximum absolute atomic E-state index is 11.1. The van der Waals surface area contributed by atoms with Gasteiger partial charge in [-0.3, -0.25) is 0 Å². The van der Waals surface area contributed by atoms with E-state index in [2.05, 4.69) is 0 Å². The number of rotatable bonds is 7. The van der Waals surface area contributed by atoms with Crippen LogP contribution in [-0.2, 0) is 4.74 Å². The van der Waals surface area contributed by atoms with E-state index in [9.17, 15) is 4.79 Å². The lowest BCUT2D eigenvalue weighted by atomic mass is 10.1. The molecule has 0 aliphatic heterocycles. The predicted molar refractivity (Wildman–Crippen MR) is 71.2 cm³/mol. The maximum Gasteiger partial charge on any atom is 0.339 e. The highest BCUT2D eigenvalue weighted by Gasteiger charge is 2.18. The lowest BCUT2D eigenvalue weighted by Gasteiger charge is -2.22. The minimum atomic E-state index is -1.02. The Kier molecular flexibility index (Phi) is 5.18. The Morgan fingerprint density at radius 3 is 2.53 bits per heavy atom.